The fourth-order valence-electron chi connectivity index (χ4n) is 2.86. The van der Waals surface area contributed by atoms with Crippen molar-refractivity contribution in [1.82, 2.24) is 9.78 Å². The van der Waals surface area contributed by atoms with Crippen LogP contribution in [0.25, 0.3) is 0 Å². The first-order valence-electron chi connectivity index (χ1n) is 8.60. The van der Waals surface area contributed by atoms with Crippen molar-refractivity contribution in [2.45, 2.75) is 20.4 Å². The van der Waals surface area contributed by atoms with E-state index < -0.39 is 30.0 Å². The van der Waals surface area contributed by atoms with Gasteiger partial charge in [-0.25, -0.2) is 13.6 Å². The fraction of sp³-hybridized carbons (Fsp3) is 0.190. The van der Waals surface area contributed by atoms with Crippen LogP contribution in [0.5, 0.6) is 0 Å². The van der Waals surface area contributed by atoms with Crippen LogP contribution in [-0.4, -0.2) is 28.1 Å². The van der Waals surface area contributed by atoms with E-state index in [2.05, 4.69) is 5.10 Å². The van der Waals surface area contributed by atoms with Crippen LogP contribution in [0, 0.1) is 25.5 Å². The molecule has 0 N–H and O–H groups in total. The Bertz CT molecular complexity index is 1030. The van der Waals surface area contributed by atoms with E-state index in [1.807, 2.05) is 30.3 Å². The molecule has 0 bridgehead atoms. The molecule has 0 aliphatic heterocycles. The van der Waals surface area contributed by atoms with E-state index in [4.69, 9.17) is 4.74 Å². The van der Waals surface area contributed by atoms with Gasteiger partial charge in [0.05, 0.1) is 17.9 Å². The molecule has 0 unspecified atom stereocenters. The van der Waals surface area contributed by atoms with Gasteiger partial charge in [-0.1, -0.05) is 30.3 Å². The zero-order valence-electron chi connectivity index (χ0n) is 15.4. The van der Waals surface area contributed by atoms with E-state index >= 15 is 0 Å². The summed E-state index contributed by atoms with van der Waals surface area (Å²) in [5.41, 5.74) is 2.35. The second kappa shape index (κ2) is 8.12. The van der Waals surface area contributed by atoms with Gasteiger partial charge in [-0.15, -0.1) is 0 Å². The number of carbonyl (C=O) groups is 2. The fourth-order valence-corrected chi connectivity index (χ4v) is 2.86. The Labute approximate surface area is 160 Å². The summed E-state index contributed by atoms with van der Waals surface area (Å²) >= 11 is 0. The monoisotopic (exact) mass is 384 g/mol. The average molecular weight is 384 g/mol. The lowest BCUT2D eigenvalue weighted by Crippen LogP contribution is -2.16. The predicted molar refractivity (Wildman–Crippen MR) is 98.2 cm³/mol. The molecule has 1 aromatic heterocycles. The first-order chi connectivity index (χ1) is 13.4. The van der Waals surface area contributed by atoms with Gasteiger partial charge in [0.1, 0.15) is 5.56 Å². The molecule has 0 amide bonds. The van der Waals surface area contributed by atoms with Gasteiger partial charge in [0.25, 0.3) is 0 Å². The minimum Gasteiger partial charge on any atom is -0.454 e. The van der Waals surface area contributed by atoms with E-state index in [1.54, 1.807) is 18.5 Å². The van der Waals surface area contributed by atoms with Crippen LogP contribution in [0.15, 0.2) is 48.5 Å². The molecule has 0 radical (unpaired) electrons. The van der Waals surface area contributed by atoms with Crippen molar-refractivity contribution in [1.29, 1.82) is 0 Å². The summed E-state index contributed by atoms with van der Waals surface area (Å²) in [6.45, 7) is 3.35. The zero-order valence-corrected chi connectivity index (χ0v) is 15.4. The summed E-state index contributed by atoms with van der Waals surface area (Å²) < 4.78 is 33.0. The zero-order chi connectivity index (χ0) is 20.3. The normalized spacial score (nSPS) is 10.7. The third-order valence-electron chi connectivity index (χ3n) is 4.34. The number of esters is 1. The maximum Gasteiger partial charge on any atom is 0.342 e. The Hall–Kier alpha value is -3.35. The van der Waals surface area contributed by atoms with E-state index in [1.165, 1.54) is 0 Å². The number of ether oxygens (including phenoxy) is 1. The van der Waals surface area contributed by atoms with Crippen molar-refractivity contribution >= 4 is 11.8 Å². The Kier molecular flexibility index (Phi) is 5.63. The number of halogens is 2. The number of ketones is 1. The third-order valence-corrected chi connectivity index (χ3v) is 4.34. The standard InChI is InChI=1S/C21H18F2N2O3/c1-13-20(14(2)25(24-13)11-15-6-4-3-5-7-15)21(27)28-12-19(26)16-8-9-17(22)18(23)10-16/h3-10H,11-12H2,1-2H3. The molecule has 0 atom stereocenters. The molecule has 0 saturated carbocycles. The molecular formula is C21H18F2N2O3. The minimum atomic E-state index is -1.13. The number of aryl methyl sites for hydroxylation is 1. The number of aromatic nitrogens is 2. The van der Waals surface area contributed by atoms with Crippen molar-refractivity contribution < 1.29 is 23.1 Å². The van der Waals surface area contributed by atoms with E-state index in [0.29, 0.717) is 17.9 Å². The highest BCUT2D eigenvalue weighted by molar-refractivity contribution is 5.99. The lowest BCUT2D eigenvalue weighted by molar-refractivity contribution is 0.0473. The van der Waals surface area contributed by atoms with Crippen LogP contribution < -0.4 is 0 Å². The van der Waals surface area contributed by atoms with Gasteiger partial charge >= 0.3 is 5.97 Å². The van der Waals surface area contributed by atoms with Crippen LogP contribution in [0.3, 0.4) is 0 Å². The first kappa shape index (κ1) is 19.4. The summed E-state index contributed by atoms with van der Waals surface area (Å²) in [5, 5.41) is 4.37. The number of benzene rings is 2. The summed E-state index contributed by atoms with van der Waals surface area (Å²) in [6.07, 6.45) is 0. The summed E-state index contributed by atoms with van der Waals surface area (Å²) in [7, 11) is 0. The van der Waals surface area contributed by atoms with Crippen LogP contribution in [0.1, 0.15) is 37.7 Å². The van der Waals surface area contributed by atoms with Gasteiger partial charge in [-0.3, -0.25) is 9.48 Å². The van der Waals surface area contributed by atoms with Crippen molar-refractivity contribution in [2.24, 2.45) is 0 Å². The Morgan fingerprint density at radius 2 is 1.75 bits per heavy atom. The van der Waals surface area contributed by atoms with E-state index in [-0.39, 0.29) is 11.1 Å². The van der Waals surface area contributed by atoms with Gasteiger partial charge in [0, 0.05) is 5.56 Å². The number of Topliss-reactive ketones (excluding diaryl/α,β-unsaturated/α-hetero) is 1. The Morgan fingerprint density at radius 3 is 2.43 bits per heavy atom. The summed E-state index contributed by atoms with van der Waals surface area (Å²) in [5.74, 6) is -3.50. The van der Waals surface area contributed by atoms with Crippen LogP contribution >= 0.6 is 0 Å². The SMILES string of the molecule is Cc1nn(Cc2ccccc2)c(C)c1C(=O)OCC(=O)c1ccc(F)c(F)c1. The molecule has 1 heterocycles. The molecular weight excluding hydrogens is 366 g/mol. The molecule has 5 nitrogen and oxygen atoms in total. The summed E-state index contributed by atoms with van der Waals surface area (Å²) in [4.78, 5) is 24.5. The lowest BCUT2D eigenvalue weighted by Gasteiger charge is -2.07. The smallest absolute Gasteiger partial charge is 0.342 e. The number of nitrogens with zero attached hydrogens (tertiary/aromatic N) is 2. The number of carbonyl (C=O) groups excluding carboxylic acids is 2. The molecule has 7 heteroatoms. The topological polar surface area (TPSA) is 61.2 Å². The quantitative estimate of drug-likeness (QED) is 0.478. The molecule has 28 heavy (non-hydrogen) atoms. The number of rotatable bonds is 6. The first-order valence-corrected chi connectivity index (χ1v) is 8.60. The highest BCUT2D eigenvalue weighted by atomic mass is 19.2. The minimum absolute atomic E-state index is 0.0695. The van der Waals surface area contributed by atoms with Gasteiger partial charge < -0.3 is 4.74 Å². The lowest BCUT2D eigenvalue weighted by atomic mass is 10.1. The molecule has 0 aliphatic rings. The maximum atomic E-state index is 13.2. The Morgan fingerprint density at radius 1 is 1.04 bits per heavy atom. The molecule has 144 valence electrons. The van der Waals surface area contributed by atoms with E-state index in [9.17, 15) is 18.4 Å². The van der Waals surface area contributed by atoms with Crippen LogP contribution in [0.2, 0.25) is 0 Å². The molecule has 0 fully saturated rings. The second-order valence-electron chi connectivity index (χ2n) is 6.32. The summed E-state index contributed by atoms with van der Waals surface area (Å²) in [6, 6.07) is 12.4. The molecule has 3 aromatic rings. The van der Waals surface area contributed by atoms with Gasteiger partial charge in [0.2, 0.25) is 0 Å². The average Bonchev–Trinajstić information content (AvgIpc) is 2.96. The number of hydrogen-bond acceptors (Lipinski definition) is 4. The predicted octanol–water partition coefficient (Wildman–Crippen LogP) is 3.87. The van der Waals surface area contributed by atoms with Crippen LogP contribution in [-0.2, 0) is 11.3 Å². The molecule has 0 saturated heterocycles. The van der Waals surface area contributed by atoms with Gasteiger partial charge in [-0.05, 0) is 37.6 Å². The molecule has 2 aromatic carbocycles. The second-order valence-corrected chi connectivity index (χ2v) is 6.32. The van der Waals surface area contributed by atoms with Crippen molar-refractivity contribution in [2.75, 3.05) is 6.61 Å². The maximum absolute atomic E-state index is 13.2. The highest BCUT2D eigenvalue weighted by Crippen LogP contribution is 2.17. The van der Waals surface area contributed by atoms with Gasteiger partial charge in [0.15, 0.2) is 24.0 Å². The molecule has 3 rings (SSSR count). The third kappa shape index (κ3) is 4.14. The largest absolute Gasteiger partial charge is 0.454 e. The highest BCUT2D eigenvalue weighted by Gasteiger charge is 2.21. The number of hydrogen-bond donors (Lipinski definition) is 0. The van der Waals surface area contributed by atoms with Crippen molar-refractivity contribution in [3.63, 3.8) is 0 Å². The van der Waals surface area contributed by atoms with Crippen molar-refractivity contribution in [3.8, 4) is 0 Å². The molecule has 0 aliphatic carbocycles. The Balaban J connectivity index is 1.70. The van der Waals surface area contributed by atoms with Crippen LogP contribution in [0.4, 0.5) is 8.78 Å². The van der Waals surface area contributed by atoms with Crippen molar-refractivity contribution in [3.05, 3.63) is 88.2 Å². The molecule has 0 spiro atoms. The van der Waals surface area contributed by atoms with Gasteiger partial charge in [-0.2, -0.15) is 5.10 Å². The van der Waals surface area contributed by atoms with E-state index in [0.717, 1.165) is 23.8 Å².